The van der Waals surface area contributed by atoms with Crippen LogP contribution < -0.4 is 0 Å². The molecule has 174 valence electrons. The summed E-state index contributed by atoms with van der Waals surface area (Å²) in [5, 5.41) is 15.6. The van der Waals surface area contributed by atoms with E-state index in [0.29, 0.717) is 11.6 Å². The van der Waals surface area contributed by atoms with Crippen LogP contribution in [0.4, 0.5) is 4.39 Å². The number of rotatable bonds is 5. The van der Waals surface area contributed by atoms with E-state index in [0.717, 1.165) is 32.7 Å². The molecule has 6 nitrogen and oxygen atoms in total. The number of carbonyl (C=O) groups excluding carboxylic acids is 1. The number of halogens is 1. The molecule has 0 bridgehead atoms. The van der Waals surface area contributed by atoms with Gasteiger partial charge in [-0.1, -0.05) is 43.4 Å². The third-order valence-electron chi connectivity index (χ3n) is 5.75. The van der Waals surface area contributed by atoms with Crippen molar-refractivity contribution >= 4 is 33.6 Å². The molecule has 1 aliphatic heterocycles. The fourth-order valence-electron chi connectivity index (χ4n) is 4.14. The summed E-state index contributed by atoms with van der Waals surface area (Å²) in [7, 11) is 0. The summed E-state index contributed by atoms with van der Waals surface area (Å²) in [5.41, 5.74) is 4.14. The first-order valence-electron chi connectivity index (χ1n) is 11.2. The summed E-state index contributed by atoms with van der Waals surface area (Å²) in [6.07, 6.45) is 2.79. The maximum Gasteiger partial charge on any atom is 0.309 e. The Labute approximate surface area is 200 Å². The van der Waals surface area contributed by atoms with Crippen LogP contribution in [0.5, 0.6) is 0 Å². The number of hydrogen-bond acceptors (Lipinski definition) is 6. The largest absolute Gasteiger partial charge is 0.458 e. The second kappa shape index (κ2) is 9.12. The number of nitrogens with zero attached hydrogens (tertiary/aromatic N) is 3. The maximum absolute atomic E-state index is 13.7. The Balaban J connectivity index is 1.68. The first-order chi connectivity index (χ1) is 16.4. The van der Waals surface area contributed by atoms with Crippen molar-refractivity contribution < 1.29 is 19.0 Å². The van der Waals surface area contributed by atoms with Crippen molar-refractivity contribution in [2.24, 2.45) is 0 Å². The molecule has 34 heavy (non-hydrogen) atoms. The smallest absolute Gasteiger partial charge is 0.309 e. The van der Waals surface area contributed by atoms with Crippen LogP contribution in [0.15, 0.2) is 54.6 Å². The number of ether oxygens (including phenoxy) is 1. The molecule has 5 rings (SSSR count). The second-order valence-corrected chi connectivity index (χ2v) is 9.68. The minimum Gasteiger partial charge on any atom is -0.458 e. The Hall–Kier alpha value is -3.36. The molecule has 2 aromatic heterocycles. The summed E-state index contributed by atoms with van der Waals surface area (Å²) in [5.74, 6) is -0.644. The van der Waals surface area contributed by atoms with Gasteiger partial charge in [-0.15, -0.1) is 0 Å². The first-order valence-corrected chi connectivity index (χ1v) is 12.0. The molecular formula is C26H24FN3O3S. The van der Waals surface area contributed by atoms with E-state index in [1.807, 2.05) is 35.0 Å². The molecule has 2 atom stereocenters. The van der Waals surface area contributed by atoms with Gasteiger partial charge in [-0.25, -0.2) is 14.1 Å². The van der Waals surface area contributed by atoms with Gasteiger partial charge in [0.05, 0.1) is 34.1 Å². The van der Waals surface area contributed by atoms with E-state index < -0.39 is 18.2 Å². The molecule has 0 spiro atoms. The average Bonchev–Trinajstić information content (AvgIpc) is 3.39. The normalized spacial score (nSPS) is 18.8. The second-order valence-electron chi connectivity index (χ2n) is 8.67. The highest BCUT2D eigenvalue weighted by Crippen LogP contribution is 2.36. The van der Waals surface area contributed by atoms with E-state index in [2.05, 4.69) is 13.8 Å². The van der Waals surface area contributed by atoms with E-state index in [1.54, 1.807) is 18.2 Å². The zero-order valence-corrected chi connectivity index (χ0v) is 19.6. The lowest BCUT2D eigenvalue weighted by Gasteiger charge is -2.23. The number of aromatic nitrogens is 3. The first kappa shape index (κ1) is 22.4. The molecule has 3 heterocycles. The van der Waals surface area contributed by atoms with Crippen molar-refractivity contribution in [2.75, 3.05) is 0 Å². The number of aliphatic hydroxyl groups excluding tert-OH is 1. The molecule has 0 aliphatic carbocycles. The molecule has 8 heteroatoms. The summed E-state index contributed by atoms with van der Waals surface area (Å²) >= 11 is 1.53. The lowest BCUT2D eigenvalue weighted by atomic mass is 9.98. The molecular weight excluding hydrogens is 453 g/mol. The van der Waals surface area contributed by atoms with Crippen molar-refractivity contribution in [3.05, 3.63) is 71.7 Å². The van der Waals surface area contributed by atoms with Gasteiger partial charge in [0.1, 0.15) is 11.9 Å². The lowest BCUT2D eigenvalue weighted by molar-refractivity contribution is -0.156. The van der Waals surface area contributed by atoms with Crippen molar-refractivity contribution in [3.8, 4) is 16.4 Å². The van der Waals surface area contributed by atoms with Crippen LogP contribution in [0.3, 0.4) is 0 Å². The number of thiazole rings is 1. The van der Waals surface area contributed by atoms with E-state index >= 15 is 0 Å². The number of benzene rings is 2. The zero-order valence-electron chi connectivity index (χ0n) is 18.8. The van der Waals surface area contributed by atoms with Gasteiger partial charge in [0.2, 0.25) is 5.13 Å². The Kier molecular flexibility index (Phi) is 6.02. The highest BCUT2D eigenvalue weighted by atomic mass is 32.1. The third kappa shape index (κ3) is 4.38. The topological polar surface area (TPSA) is 77.2 Å². The van der Waals surface area contributed by atoms with Crippen LogP contribution in [-0.2, 0) is 9.53 Å². The summed E-state index contributed by atoms with van der Waals surface area (Å²) in [6, 6.07) is 14.2. The number of carbonyl (C=O) groups is 1. The van der Waals surface area contributed by atoms with Crippen molar-refractivity contribution in [2.45, 2.75) is 44.8 Å². The highest BCUT2D eigenvalue weighted by Gasteiger charge is 2.27. The van der Waals surface area contributed by atoms with E-state index in [-0.39, 0.29) is 18.2 Å². The zero-order chi connectivity index (χ0) is 23.8. The fraction of sp³-hybridized carbons (Fsp3) is 0.269. The molecule has 1 N–H and O–H groups in total. The Morgan fingerprint density at radius 3 is 2.68 bits per heavy atom. The predicted molar refractivity (Wildman–Crippen MR) is 130 cm³/mol. The predicted octanol–water partition coefficient (Wildman–Crippen LogP) is 5.49. The van der Waals surface area contributed by atoms with Crippen LogP contribution in [0.2, 0.25) is 0 Å². The van der Waals surface area contributed by atoms with Crippen LogP contribution in [0, 0.1) is 5.82 Å². The van der Waals surface area contributed by atoms with Gasteiger partial charge < -0.3 is 9.84 Å². The van der Waals surface area contributed by atoms with E-state index in [9.17, 15) is 14.3 Å². The quantitative estimate of drug-likeness (QED) is 0.385. The minimum absolute atomic E-state index is 0.0119. The van der Waals surface area contributed by atoms with Crippen molar-refractivity contribution in [1.82, 2.24) is 14.8 Å². The van der Waals surface area contributed by atoms with Crippen molar-refractivity contribution in [1.29, 1.82) is 0 Å². The number of fused-ring (bicyclic) bond motifs is 1. The number of aliphatic hydroxyl groups is 1. The van der Waals surface area contributed by atoms with Gasteiger partial charge in [-0.05, 0) is 48.4 Å². The van der Waals surface area contributed by atoms with Gasteiger partial charge in [-0.3, -0.25) is 4.79 Å². The monoisotopic (exact) mass is 477 g/mol. The Morgan fingerprint density at radius 2 is 1.97 bits per heavy atom. The third-order valence-corrected chi connectivity index (χ3v) is 6.76. The van der Waals surface area contributed by atoms with Crippen LogP contribution in [0.25, 0.3) is 32.7 Å². The van der Waals surface area contributed by atoms with Gasteiger partial charge in [-0.2, -0.15) is 5.10 Å². The van der Waals surface area contributed by atoms with E-state index in [4.69, 9.17) is 14.8 Å². The minimum atomic E-state index is -0.720. The average molecular weight is 478 g/mol. The molecule has 1 saturated heterocycles. The van der Waals surface area contributed by atoms with Crippen LogP contribution in [-0.4, -0.2) is 38.0 Å². The number of hydrogen-bond donors (Lipinski definition) is 1. The Morgan fingerprint density at radius 1 is 1.21 bits per heavy atom. The molecule has 0 unspecified atom stereocenters. The number of para-hydroxylation sites is 1. The van der Waals surface area contributed by atoms with Crippen LogP contribution in [0.1, 0.15) is 43.9 Å². The maximum atomic E-state index is 13.7. The summed E-state index contributed by atoms with van der Waals surface area (Å²) in [4.78, 5) is 16.6. The molecule has 1 aliphatic rings. The highest BCUT2D eigenvalue weighted by molar-refractivity contribution is 7.20. The van der Waals surface area contributed by atoms with Gasteiger partial charge in [0.25, 0.3) is 0 Å². The molecule has 4 aromatic rings. The molecule has 1 fully saturated rings. The van der Waals surface area contributed by atoms with Crippen molar-refractivity contribution in [3.63, 3.8) is 0 Å². The SMILES string of the molecule is CC(C)c1nn(-c2nc3ccccc3s2)c(-c2ccc(F)cc2)c1/C=C/[C@@H]1C[C@@H](O)CC(=O)O1. The summed E-state index contributed by atoms with van der Waals surface area (Å²) in [6.45, 7) is 4.11. The standard InChI is InChI=1S/C26H24FN3O3S/c1-15(2)24-20(12-11-19-13-18(31)14-23(32)33-19)25(16-7-9-17(27)10-8-16)30(29-24)26-28-21-5-3-4-6-22(21)34-26/h3-12,15,18-19,31H,13-14H2,1-2H3/b12-11+/t18-,19-/m1/s1. The molecule has 0 radical (unpaired) electrons. The molecule has 2 aromatic carbocycles. The lowest BCUT2D eigenvalue weighted by Crippen LogP contribution is -2.31. The summed E-state index contributed by atoms with van der Waals surface area (Å²) < 4.78 is 22.0. The number of cyclic esters (lactones) is 1. The van der Waals surface area contributed by atoms with Gasteiger partial charge >= 0.3 is 5.97 Å². The van der Waals surface area contributed by atoms with Gasteiger partial charge in [0.15, 0.2) is 0 Å². The van der Waals surface area contributed by atoms with E-state index in [1.165, 1.54) is 23.5 Å². The molecule has 0 amide bonds. The van der Waals surface area contributed by atoms with Gasteiger partial charge in [0, 0.05) is 17.5 Å². The number of esters is 1. The Bertz CT molecular complexity index is 1340. The molecule has 0 saturated carbocycles. The fourth-order valence-corrected chi connectivity index (χ4v) is 5.07. The van der Waals surface area contributed by atoms with Crippen LogP contribution >= 0.6 is 11.3 Å².